The second-order valence-electron chi connectivity index (χ2n) is 11.2. The molecule has 0 saturated heterocycles. The minimum absolute atomic E-state index is 0.271. The average Bonchev–Trinajstić information content (AvgIpc) is 3.02. The number of hydrogen-bond acceptors (Lipinski definition) is 7. The SMILES string of the molecule is Cc1cccc(COc2ccccc2CN(CC[C@H](N)C(=O)O)Cc2c(OCc3cccc(C)c3)ccc3c2OCCO3)c1. The van der Waals surface area contributed by atoms with Gasteiger partial charge in [-0.1, -0.05) is 77.9 Å². The van der Waals surface area contributed by atoms with Gasteiger partial charge >= 0.3 is 5.97 Å². The molecule has 230 valence electrons. The van der Waals surface area contributed by atoms with Gasteiger partial charge < -0.3 is 29.8 Å². The number of ether oxygens (including phenoxy) is 4. The fraction of sp³-hybridized carbons (Fsp3) is 0.306. The Bertz CT molecular complexity index is 1570. The Morgan fingerprint density at radius 2 is 1.50 bits per heavy atom. The van der Waals surface area contributed by atoms with Gasteiger partial charge in [0.25, 0.3) is 0 Å². The largest absolute Gasteiger partial charge is 0.489 e. The fourth-order valence-electron chi connectivity index (χ4n) is 5.27. The van der Waals surface area contributed by atoms with E-state index >= 15 is 0 Å². The van der Waals surface area contributed by atoms with E-state index in [4.69, 9.17) is 24.7 Å². The lowest BCUT2D eigenvalue weighted by Crippen LogP contribution is -2.35. The van der Waals surface area contributed by atoms with E-state index in [0.717, 1.165) is 33.6 Å². The van der Waals surface area contributed by atoms with Crippen LogP contribution in [0.15, 0.2) is 84.9 Å². The van der Waals surface area contributed by atoms with Crippen LogP contribution in [0.5, 0.6) is 23.0 Å². The van der Waals surface area contributed by atoms with Gasteiger partial charge in [0, 0.05) is 25.2 Å². The number of nitrogens with two attached hydrogens (primary N) is 1. The number of aliphatic carboxylic acids is 1. The Balaban J connectivity index is 1.41. The van der Waals surface area contributed by atoms with Gasteiger partial charge in [-0.25, -0.2) is 0 Å². The number of benzene rings is 4. The van der Waals surface area contributed by atoms with Crippen LogP contribution >= 0.6 is 0 Å². The standard InChI is InChI=1S/C36H40N2O6/c1-25-7-5-9-27(19-25)23-43-32-12-4-3-11-29(32)21-38(16-15-31(37)36(39)40)22-30-33(13-14-34-35(30)42-18-17-41-34)44-24-28-10-6-8-26(2)20-28/h3-14,19-20,31H,15-18,21-24,37H2,1-2H3,(H,39,40)/t31-/m0/s1. The molecule has 0 fully saturated rings. The van der Waals surface area contributed by atoms with Gasteiger partial charge in [-0.2, -0.15) is 0 Å². The van der Waals surface area contributed by atoms with Crippen molar-refractivity contribution in [2.45, 2.75) is 52.6 Å². The fourth-order valence-corrected chi connectivity index (χ4v) is 5.27. The van der Waals surface area contributed by atoms with Crippen molar-refractivity contribution in [2.24, 2.45) is 5.73 Å². The molecule has 4 aromatic rings. The number of carbonyl (C=O) groups is 1. The van der Waals surface area contributed by atoms with E-state index in [2.05, 4.69) is 43.0 Å². The molecular weight excluding hydrogens is 556 g/mol. The van der Waals surface area contributed by atoms with Crippen LogP contribution < -0.4 is 24.7 Å². The third-order valence-corrected chi connectivity index (χ3v) is 7.54. The quantitative estimate of drug-likeness (QED) is 0.182. The van der Waals surface area contributed by atoms with Gasteiger partial charge in [-0.05, 0) is 49.6 Å². The van der Waals surface area contributed by atoms with Gasteiger partial charge in [0.1, 0.15) is 44.0 Å². The minimum Gasteiger partial charge on any atom is -0.489 e. The summed E-state index contributed by atoms with van der Waals surface area (Å²) in [4.78, 5) is 13.8. The van der Waals surface area contributed by atoms with Crippen molar-refractivity contribution < 1.29 is 28.8 Å². The van der Waals surface area contributed by atoms with E-state index < -0.39 is 12.0 Å². The summed E-state index contributed by atoms with van der Waals surface area (Å²) in [6.07, 6.45) is 0.271. The Morgan fingerprint density at radius 1 is 0.841 bits per heavy atom. The molecule has 1 aliphatic rings. The molecule has 0 spiro atoms. The molecule has 1 atom stereocenters. The van der Waals surface area contributed by atoms with Crippen LogP contribution in [0.3, 0.4) is 0 Å². The van der Waals surface area contributed by atoms with E-state index in [1.165, 1.54) is 5.56 Å². The highest BCUT2D eigenvalue weighted by Crippen LogP contribution is 2.41. The van der Waals surface area contributed by atoms with Crippen molar-refractivity contribution in [1.29, 1.82) is 0 Å². The molecule has 8 heteroatoms. The molecule has 0 unspecified atom stereocenters. The zero-order valence-corrected chi connectivity index (χ0v) is 25.3. The highest BCUT2D eigenvalue weighted by atomic mass is 16.6. The summed E-state index contributed by atoms with van der Waals surface area (Å²) in [7, 11) is 0. The van der Waals surface area contributed by atoms with Crippen molar-refractivity contribution >= 4 is 5.97 Å². The number of para-hydroxylation sites is 1. The first-order valence-electron chi connectivity index (χ1n) is 14.9. The highest BCUT2D eigenvalue weighted by molar-refractivity contribution is 5.73. The summed E-state index contributed by atoms with van der Waals surface area (Å²) in [6.45, 7) is 7.21. The Labute approximate surface area is 258 Å². The third-order valence-electron chi connectivity index (χ3n) is 7.54. The second-order valence-corrected chi connectivity index (χ2v) is 11.2. The van der Waals surface area contributed by atoms with E-state index in [1.807, 2.05) is 60.7 Å². The van der Waals surface area contributed by atoms with Gasteiger partial charge in [-0.15, -0.1) is 0 Å². The van der Waals surface area contributed by atoms with Gasteiger partial charge in [-0.3, -0.25) is 9.69 Å². The molecule has 4 aromatic carbocycles. The summed E-state index contributed by atoms with van der Waals surface area (Å²) < 4.78 is 24.7. The summed E-state index contributed by atoms with van der Waals surface area (Å²) in [6, 6.07) is 27.2. The van der Waals surface area contributed by atoms with Gasteiger partial charge in [0.05, 0.1) is 5.56 Å². The van der Waals surface area contributed by atoms with Crippen LogP contribution in [0, 0.1) is 13.8 Å². The molecule has 5 rings (SSSR count). The van der Waals surface area contributed by atoms with Crippen LogP contribution in [-0.2, 0) is 31.1 Å². The van der Waals surface area contributed by atoms with Crippen molar-refractivity contribution in [2.75, 3.05) is 19.8 Å². The van der Waals surface area contributed by atoms with E-state index in [-0.39, 0.29) is 6.42 Å². The van der Waals surface area contributed by atoms with Crippen LogP contribution in [-0.4, -0.2) is 41.8 Å². The Hall–Kier alpha value is -4.53. The predicted molar refractivity (Wildman–Crippen MR) is 169 cm³/mol. The number of aryl methyl sites for hydroxylation is 2. The molecule has 0 aliphatic carbocycles. The summed E-state index contributed by atoms with van der Waals surface area (Å²) in [5.74, 6) is 1.75. The summed E-state index contributed by atoms with van der Waals surface area (Å²) in [5, 5.41) is 9.50. The molecular formula is C36H40N2O6. The molecule has 1 aliphatic heterocycles. The van der Waals surface area contributed by atoms with Crippen molar-refractivity contribution in [3.8, 4) is 23.0 Å². The lowest BCUT2D eigenvalue weighted by Gasteiger charge is -2.28. The molecule has 0 amide bonds. The van der Waals surface area contributed by atoms with Gasteiger partial charge in [0.15, 0.2) is 11.5 Å². The normalized spacial score (nSPS) is 13.0. The second kappa shape index (κ2) is 14.8. The molecule has 0 radical (unpaired) electrons. The third kappa shape index (κ3) is 8.30. The van der Waals surface area contributed by atoms with Crippen LogP contribution in [0.1, 0.15) is 39.8 Å². The molecule has 8 nitrogen and oxygen atoms in total. The predicted octanol–water partition coefficient (Wildman–Crippen LogP) is 6.04. The lowest BCUT2D eigenvalue weighted by atomic mass is 10.1. The zero-order chi connectivity index (χ0) is 30.9. The maximum absolute atomic E-state index is 11.6. The molecule has 0 aromatic heterocycles. The summed E-state index contributed by atoms with van der Waals surface area (Å²) >= 11 is 0. The average molecular weight is 597 g/mol. The van der Waals surface area contributed by atoms with E-state index in [1.54, 1.807) is 0 Å². The topological polar surface area (TPSA) is 103 Å². The van der Waals surface area contributed by atoms with Gasteiger partial charge in [0.2, 0.25) is 0 Å². The molecule has 0 bridgehead atoms. The number of hydrogen-bond donors (Lipinski definition) is 2. The number of nitrogens with zero attached hydrogens (tertiary/aromatic N) is 1. The monoisotopic (exact) mass is 596 g/mol. The van der Waals surface area contributed by atoms with Crippen LogP contribution in [0.25, 0.3) is 0 Å². The van der Waals surface area contributed by atoms with Crippen LogP contribution in [0.4, 0.5) is 0 Å². The highest BCUT2D eigenvalue weighted by Gasteiger charge is 2.24. The minimum atomic E-state index is -1.03. The first-order chi connectivity index (χ1) is 21.4. The zero-order valence-electron chi connectivity index (χ0n) is 25.3. The smallest absolute Gasteiger partial charge is 0.320 e. The van der Waals surface area contributed by atoms with Crippen molar-refractivity contribution in [1.82, 2.24) is 4.90 Å². The maximum Gasteiger partial charge on any atom is 0.320 e. The van der Waals surface area contributed by atoms with E-state index in [9.17, 15) is 9.90 Å². The number of rotatable bonds is 14. The van der Waals surface area contributed by atoms with Crippen molar-refractivity contribution in [3.63, 3.8) is 0 Å². The molecule has 0 saturated carbocycles. The molecule has 3 N–H and O–H groups in total. The van der Waals surface area contributed by atoms with E-state index in [0.29, 0.717) is 63.3 Å². The number of fused-ring (bicyclic) bond motifs is 1. The lowest BCUT2D eigenvalue weighted by molar-refractivity contribution is -0.138. The van der Waals surface area contributed by atoms with Crippen LogP contribution in [0.2, 0.25) is 0 Å². The maximum atomic E-state index is 11.6. The Kier molecular flexibility index (Phi) is 10.4. The summed E-state index contributed by atoms with van der Waals surface area (Å²) in [5.41, 5.74) is 12.3. The Morgan fingerprint density at radius 3 is 2.18 bits per heavy atom. The first kappa shape index (κ1) is 30.9. The first-order valence-corrected chi connectivity index (χ1v) is 14.9. The number of carboxylic acids is 1. The molecule has 44 heavy (non-hydrogen) atoms. The van der Waals surface area contributed by atoms with Crippen molar-refractivity contribution in [3.05, 3.63) is 118 Å². The molecule has 1 heterocycles. The number of carboxylic acid groups (broad SMARTS) is 1.